The molecule has 0 amide bonds. The molecule has 0 saturated heterocycles. The van der Waals surface area contributed by atoms with Crippen molar-refractivity contribution in [1.29, 1.82) is 0 Å². The van der Waals surface area contributed by atoms with E-state index >= 15 is 0 Å². The van der Waals surface area contributed by atoms with Crippen LogP contribution >= 0.6 is 0 Å². The number of hydrogen-bond donors (Lipinski definition) is 2. The quantitative estimate of drug-likeness (QED) is 0.591. The van der Waals surface area contributed by atoms with Crippen LogP contribution < -0.4 is 5.73 Å². The summed E-state index contributed by atoms with van der Waals surface area (Å²) in [5, 5.41) is 8.24. The Morgan fingerprint density at radius 2 is 2.44 bits per heavy atom. The van der Waals surface area contributed by atoms with Gasteiger partial charge in [-0.2, -0.15) is 0 Å². The van der Waals surface area contributed by atoms with Crippen LogP contribution in [0.25, 0.3) is 0 Å². The molecule has 0 aromatic heterocycles. The lowest BCUT2D eigenvalue weighted by molar-refractivity contribution is 0.301. The number of aliphatic hydroxyl groups is 1. The highest BCUT2D eigenvalue weighted by Crippen LogP contribution is 2.01. The molecule has 0 rings (SSSR count). The van der Waals surface area contributed by atoms with E-state index in [4.69, 9.17) is 10.8 Å². The summed E-state index contributed by atoms with van der Waals surface area (Å²) in [4.78, 5) is 0. The van der Waals surface area contributed by atoms with Crippen LogP contribution in [0.4, 0.5) is 4.39 Å². The predicted molar refractivity (Wildman–Crippen MR) is 34.5 cm³/mol. The number of halogens is 1. The molecule has 0 aliphatic rings. The maximum absolute atomic E-state index is 12.3. The Labute approximate surface area is 54.2 Å². The average molecular weight is 133 g/mol. The van der Waals surface area contributed by atoms with Crippen molar-refractivity contribution in [2.75, 3.05) is 6.61 Å². The van der Waals surface area contributed by atoms with Gasteiger partial charge in [0.15, 0.2) is 0 Å². The summed E-state index contributed by atoms with van der Waals surface area (Å²) in [7, 11) is 0. The second-order valence-corrected chi connectivity index (χ2v) is 1.89. The fourth-order valence-electron chi connectivity index (χ4n) is 0.388. The van der Waals surface area contributed by atoms with Gasteiger partial charge in [-0.3, -0.25) is 0 Å². The molecular formula is C6H12FNO. The van der Waals surface area contributed by atoms with Gasteiger partial charge in [-0.25, -0.2) is 4.39 Å². The van der Waals surface area contributed by atoms with Gasteiger partial charge in [0.2, 0.25) is 0 Å². The van der Waals surface area contributed by atoms with E-state index in [0.29, 0.717) is 6.42 Å². The zero-order valence-corrected chi connectivity index (χ0v) is 5.47. The Kier molecular flexibility index (Phi) is 4.26. The van der Waals surface area contributed by atoms with Crippen molar-refractivity contribution in [2.24, 2.45) is 5.73 Å². The van der Waals surface area contributed by atoms with E-state index in [-0.39, 0.29) is 12.4 Å². The molecule has 2 nitrogen and oxygen atoms in total. The van der Waals surface area contributed by atoms with Crippen molar-refractivity contribution in [3.8, 4) is 0 Å². The monoisotopic (exact) mass is 133 g/mol. The highest BCUT2D eigenvalue weighted by Gasteiger charge is 1.98. The van der Waals surface area contributed by atoms with Crippen LogP contribution in [-0.4, -0.2) is 17.8 Å². The minimum absolute atomic E-state index is 0.0276. The fraction of sp³-hybridized carbons (Fsp3) is 0.667. The maximum atomic E-state index is 12.3. The van der Waals surface area contributed by atoms with Crippen molar-refractivity contribution >= 4 is 0 Å². The second kappa shape index (κ2) is 4.47. The summed E-state index contributed by atoms with van der Waals surface area (Å²) in [6.45, 7) is 1.53. The van der Waals surface area contributed by atoms with E-state index in [1.54, 1.807) is 6.92 Å². The maximum Gasteiger partial charge on any atom is 0.112 e. The molecule has 54 valence electrons. The van der Waals surface area contributed by atoms with Crippen LogP contribution in [0.15, 0.2) is 11.9 Å². The van der Waals surface area contributed by atoms with E-state index < -0.39 is 6.04 Å². The highest BCUT2D eigenvalue weighted by molar-refractivity contribution is 4.98. The third-order valence-electron chi connectivity index (χ3n) is 0.903. The van der Waals surface area contributed by atoms with Gasteiger partial charge < -0.3 is 10.8 Å². The van der Waals surface area contributed by atoms with Gasteiger partial charge in [-0.1, -0.05) is 0 Å². The predicted octanol–water partition coefficient (Wildman–Crippen LogP) is 0.569. The molecule has 0 heterocycles. The van der Waals surface area contributed by atoms with E-state index in [2.05, 4.69) is 0 Å². The van der Waals surface area contributed by atoms with Crippen LogP contribution in [0, 0.1) is 0 Å². The molecule has 0 aliphatic carbocycles. The zero-order valence-electron chi connectivity index (χ0n) is 5.47. The summed E-state index contributed by atoms with van der Waals surface area (Å²) in [5.41, 5.74) is 5.15. The lowest BCUT2D eigenvalue weighted by Gasteiger charge is -1.98. The van der Waals surface area contributed by atoms with Crippen molar-refractivity contribution in [1.82, 2.24) is 0 Å². The van der Waals surface area contributed by atoms with E-state index in [1.165, 1.54) is 6.08 Å². The molecule has 3 N–H and O–H groups in total. The number of rotatable bonds is 3. The third kappa shape index (κ3) is 4.12. The zero-order chi connectivity index (χ0) is 7.28. The Morgan fingerprint density at radius 3 is 2.78 bits per heavy atom. The van der Waals surface area contributed by atoms with Gasteiger partial charge in [0.25, 0.3) is 0 Å². The molecule has 0 aromatic carbocycles. The van der Waals surface area contributed by atoms with E-state index in [9.17, 15) is 4.39 Å². The first-order valence-electron chi connectivity index (χ1n) is 2.90. The molecule has 0 aromatic rings. The number of hydrogen-bond acceptors (Lipinski definition) is 2. The summed E-state index contributed by atoms with van der Waals surface area (Å²) >= 11 is 0. The summed E-state index contributed by atoms with van der Waals surface area (Å²) < 4.78 is 12.3. The van der Waals surface area contributed by atoms with Gasteiger partial charge in [0.1, 0.15) is 5.83 Å². The Hall–Kier alpha value is -0.410. The normalized spacial score (nSPS) is 15.8. The molecule has 0 bridgehead atoms. The summed E-state index contributed by atoms with van der Waals surface area (Å²) in [5.74, 6) is -0.357. The minimum atomic E-state index is -0.545. The smallest absolute Gasteiger partial charge is 0.112 e. The fourth-order valence-corrected chi connectivity index (χ4v) is 0.388. The van der Waals surface area contributed by atoms with E-state index in [0.717, 1.165) is 0 Å². The van der Waals surface area contributed by atoms with Crippen LogP contribution in [0.1, 0.15) is 13.3 Å². The molecule has 0 spiro atoms. The SMILES string of the molecule is CC(N)/C(F)=C/CCO. The number of nitrogens with two attached hydrogens (primary N) is 1. The van der Waals surface area contributed by atoms with Crippen LogP contribution in [0.2, 0.25) is 0 Å². The first kappa shape index (κ1) is 8.59. The standard InChI is InChI=1S/C6H12FNO/c1-5(8)6(7)3-2-4-9/h3,5,9H,2,4,8H2,1H3/b6-3-. The molecule has 9 heavy (non-hydrogen) atoms. The molecule has 1 unspecified atom stereocenters. The molecule has 0 radical (unpaired) electrons. The molecule has 0 saturated carbocycles. The topological polar surface area (TPSA) is 46.2 Å². The number of aliphatic hydroxyl groups excluding tert-OH is 1. The van der Waals surface area contributed by atoms with Crippen molar-refractivity contribution in [2.45, 2.75) is 19.4 Å². The molecule has 3 heteroatoms. The van der Waals surface area contributed by atoms with E-state index in [1.807, 2.05) is 0 Å². The molecule has 1 atom stereocenters. The van der Waals surface area contributed by atoms with Crippen LogP contribution in [-0.2, 0) is 0 Å². The van der Waals surface area contributed by atoms with Crippen molar-refractivity contribution in [3.63, 3.8) is 0 Å². The lowest BCUT2D eigenvalue weighted by Crippen LogP contribution is -2.15. The van der Waals surface area contributed by atoms with Crippen LogP contribution in [0.5, 0.6) is 0 Å². The average Bonchev–Trinajstić information content (AvgIpc) is 1.82. The van der Waals surface area contributed by atoms with Crippen molar-refractivity contribution < 1.29 is 9.50 Å². The molecule has 0 fully saturated rings. The van der Waals surface area contributed by atoms with Crippen LogP contribution in [0.3, 0.4) is 0 Å². The Balaban J connectivity index is 3.55. The second-order valence-electron chi connectivity index (χ2n) is 1.89. The van der Waals surface area contributed by atoms with Gasteiger partial charge in [-0.15, -0.1) is 0 Å². The first-order chi connectivity index (χ1) is 4.18. The van der Waals surface area contributed by atoms with Crippen molar-refractivity contribution in [3.05, 3.63) is 11.9 Å². The highest BCUT2D eigenvalue weighted by atomic mass is 19.1. The minimum Gasteiger partial charge on any atom is -0.396 e. The Bertz CT molecular complexity index is 101. The lowest BCUT2D eigenvalue weighted by atomic mass is 10.3. The summed E-state index contributed by atoms with van der Waals surface area (Å²) in [6, 6.07) is -0.545. The van der Waals surface area contributed by atoms with Gasteiger partial charge >= 0.3 is 0 Å². The molecule has 0 aliphatic heterocycles. The Morgan fingerprint density at radius 1 is 1.89 bits per heavy atom. The largest absolute Gasteiger partial charge is 0.396 e. The van der Waals surface area contributed by atoms with Gasteiger partial charge in [-0.05, 0) is 19.4 Å². The molecular weight excluding hydrogens is 121 g/mol. The first-order valence-corrected chi connectivity index (χ1v) is 2.90. The third-order valence-corrected chi connectivity index (χ3v) is 0.903. The van der Waals surface area contributed by atoms with Gasteiger partial charge in [0.05, 0.1) is 6.04 Å². The van der Waals surface area contributed by atoms with Gasteiger partial charge in [0, 0.05) is 6.61 Å². The summed E-state index contributed by atoms with van der Waals surface area (Å²) in [6.07, 6.45) is 1.64.